The van der Waals surface area contributed by atoms with Crippen LogP contribution < -0.4 is 4.74 Å². The van der Waals surface area contributed by atoms with Gasteiger partial charge < -0.3 is 9.47 Å². The smallest absolute Gasteiger partial charge is 0.347 e. The molecular weight excluding hydrogens is 263 g/mol. The highest BCUT2D eigenvalue weighted by Gasteiger charge is 2.19. The van der Waals surface area contributed by atoms with Gasteiger partial charge in [-0.05, 0) is 18.6 Å². The maximum absolute atomic E-state index is 13.6. The van der Waals surface area contributed by atoms with Gasteiger partial charge in [-0.3, -0.25) is 0 Å². The third-order valence-electron chi connectivity index (χ3n) is 2.77. The molecular formula is C14H15FN2O3. The Balaban J connectivity index is 2.17. The van der Waals surface area contributed by atoms with Gasteiger partial charge in [0.1, 0.15) is 11.5 Å². The third kappa shape index (κ3) is 2.96. The predicted molar refractivity (Wildman–Crippen MR) is 70.2 cm³/mol. The van der Waals surface area contributed by atoms with Crippen LogP contribution in [0.4, 0.5) is 4.39 Å². The van der Waals surface area contributed by atoms with Gasteiger partial charge in [-0.25, -0.2) is 13.9 Å². The Morgan fingerprint density at radius 1 is 1.45 bits per heavy atom. The fourth-order valence-electron chi connectivity index (χ4n) is 1.73. The number of carbonyl (C=O) groups excluding carboxylic acids is 1. The Bertz CT molecular complexity index is 598. The molecule has 1 unspecified atom stereocenters. The van der Waals surface area contributed by atoms with E-state index in [0.717, 1.165) is 0 Å². The molecule has 2 aromatic rings. The second-order valence-corrected chi connectivity index (χ2v) is 4.11. The lowest BCUT2D eigenvalue weighted by Gasteiger charge is -2.13. The highest BCUT2D eigenvalue weighted by Crippen LogP contribution is 2.18. The molecule has 20 heavy (non-hydrogen) atoms. The lowest BCUT2D eigenvalue weighted by molar-refractivity contribution is -0.148. The van der Waals surface area contributed by atoms with Gasteiger partial charge in [0.2, 0.25) is 0 Å². The molecule has 0 saturated carbocycles. The fraction of sp³-hybridized carbons (Fsp3) is 0.286. The Hall–Kier alpha value is -2.37. The van der Waals surface area contributed by atoms with Crippen molar-refractivity contribution in [1.29, 1.82) is 0 Å². The molecule has 2 rings (SSSR count). The Kier molecular flexibility index (Phi) is 4.34. The summed E-state index contributed by atoms with van der Waals surface area (Å²) in [4.78, 5) is 11.4. The molecule has 0 bridgehead atoms. The van der Waals surface area contributed by atoms with E-state index in [-0.39, 0.29) is 5.82 Å². The maximum Gasteiger partial charge on any atom is 0.347 e. The van der Waals surface area contributed by atoms with Crippen LogP contribution in [0.25, 0.3) is 5.69 Å². The average molecular weight is 278 g/mol. The molecule has 1 aromatic heterocycles. The van der Waals surface area contributed by atoms with Gasteiger partial charge >= 0.3 is 5.97 Å². The van der Waals surface area contributed by atoms with Gasteiger partial charge in [0, 0.05) is 0 Å². The van der Waals surface area contributed by atoms with Gasteiger partial charge in [0.25, 0.3) is 0 Å². The Labute approximate surface area is 115 Å². The molecule has 0 amide bonds. The van der Waals surface area contributed by atoms with E-state index in [9.17, 15) is 9.18 Å². The van der Waals surface area contributed by atoms with E-state index in [4.69, 9.17) is 4.74 Å². The molecule has 6 heteroatoms. The molecule has 5 nitrogen and oxygen atoms in total. The van der Waals surface area contributed by atoms with Crippen LogP contribution in [0.1, 0.15) is 13.3 Å². The third-order valence-corrected chi connectivity index (χ3v) is 2.77. The van der Waals surface area contributed by atoms with Crippen molar-refractivity contribution in [2.45, 2.75) is 19.4 Å². The van der Waals surface area contributed by atoms with Crippen LogP contribution in [0.3, 0.4) is 0 Å². The van der Waals surface area contributed by atoms with Crippen molar-refractivity contribution in [2.24, 2.45) is 0 Å². The summed E-state index contributed by atoms with van der Waals surface area (Å²) in [5.41, 5.74) is 0.313. The van der Waals surface area contributed by atoms with Gasteiger partial charge in [-0.1, -0.05) is 19.1 Å². The number of methoxy groups -OCH3 is 1. The van der Waals surface area contributed by atoms with Crippen molar-refractivity contribution in [3.63, 3.8) is 0 Å². The van der Waals surface area contributed by atoms with Crippen molar-refractivity contribution >= 4 is 5.97 Å². The zero-order valence-corrected chi connectivity index (χ0v) is 11.2. The predicted octanol–water partition coefficient (Wildman–Crippen LogP) is 2.34. The number of carbonyl (C=O) groups is 1. The van der Waals surface area contributed by atoms with E-state index in [1.54, 1.807) is 18.2 Å². The first-order valence-corrected chi connectivity index (χ1v) is 6.19. The van der Waals surface area contributed by atoms with Crippen LogP contribution in [0, 0.1) is 5.82 Å². The molecule has 1 aromatic carbocycles. The molecule has 0 radical (unpaired) electrons. The van der Waals surface area contributed by atoms with E-state index in [2.05, 4.69) is 9.84 Å². The lowest BCUT2D eigenvalue weighted by Crippen LogP contribution is -2.27. The summed E-state index contributed by atoms with van der Waals surface area (Å²) in [5.74, 6) is -0.459. The molecule has 1 heterocycles. The van der Waals surface area contributed by atoms with Crippen molar-refractivity contribution < 1.29 is 18.7 Å². The lowest BCUT2D eigenvalue weighted by atomic mass is 10.3. The zero-order chi connectivity index (χ0) is 14.5. The van der Waals surface area contributed by atoms with Crippen LogP contribution in [0.5, 0.6) is 5.75 Å². The Morgan fingerprint density at radius 3 is 2.85 bits per heavy atom. The zero-order valence-electron chi connectivity index (χ0n) is 11.2. The minimum atomic E-state index is -0.696. The fourth-order valence-corrected chi connectivity index (χ4v) is 1.73. The number of aromatic nitrogens is 2. The number of esters is 1. The topological polar surface area (TPSA) is 53.4 Å². The first-order chi connectivity index (χ1) is 9.65. The molecule has 0 saturated heterocycles. The molecule has 1 atom stereocenters. The number of hydrogen-bond acceptors (Lipinski definition) is 4. The summed E-state index contributed by atoms with van der Waals surface area (Å²) in [5, 5.41) is 4.02. The molecule has 0 fully saturated rings. The van der Waals surface area contributed by atoms with Gasteiger partial charge in [-0.2, -0.15) is 5.10 Å². The number of nitrogens with zero attached hydrogens (tertiary/aromatic N) is 2. The normalized spacial score (nSPS) is 11.9. The quantitative estimate of drug-likeness (QED) is 0.788. The number of ether oxygens (including phenoxy) is 2. The summed E-state index contributed by atoms with van der Waals surface area (Å²) in [6, 6.07) is 6.26. The van der Waals surface area contributed by atoms with E-state index >= 15 is 0 Å². The first kappa shape index (κ1) is 14.0. The highest BCUT2D eigenvalue weighted by molar-refractivity contribution is 5.74. The SMILES string of the molecule is CCC(Oc1cnn(-c2ccccc2F)c1)C(=O)OC. The standard InChI is InChI=1S/C14H15FN2O3/c1-3-13(14(18)19-2)20-10-8-16-17(9-10)12-7-5-4-6-11(12)15/h4-9,13H,3H2,1-2H3. The van der Waals surface area contributed by atoms with Gasteiger partial charge in [0.15, 0.2) is 11.9 Å². The van der Waals surface area contributed by atoms with Crippen LogP contribution in [0.2, 0.25) is 0 Å². The summed E-state index contributed by atoms with van der Waals surface area (Å²) in [6.07, 6.45) is 2.72. The van der Waals surface area contributed by atoms with E-state index in [1.165, 1.54) is 30.3 Å². The minimum absolute atomic E-state index is 0.313. The monoisotopic (exact) mass is 278 g/mol. The molecule has 0 N–H and O–H groups in total. The number of rotatable bonds is 5. The minimum Gasteiger partial charge on any atom is -0.475 e. The Morgan fingerprint density at radius 2 is 2.20 bits per heavy atom. The summed E-state index contributed by atoms with van der Waals surface area (Å²) in [7, 11) is 1.30. The first-order valence-electron chi connectivity index (χ1n) is 6.19. The summed E-state index contributed by atoms with van der Waals surface area (Å²) in [6.45, 7) is 1.81. The second kappa shape index (κ2) is 6.18. The van der Waals surface area contributed by atoms with Crippen LogP contribution in [-0.4, -0.2) is 29.0 Å². The molecule has 0 aliphatic rings. The van der Waals surface area contributed by atoms with E-state index in [0.29, 0.717) is 17.9 Å². The maximum atomic E-state index is 13.6. The summed E-state index contributed by atoms with van der Waals surface area (Å²) >= 11 is 0. The number of benzene rings is 1. The molecule has 106 valence electrons. The molecule has 0 aliphatic heterocycles. The van der Waals surface area contributed by atoms with Crippen molar-refractivity contribution in [1.82, 2.24) is 9.78 Å². The highest BCUT2D eigenvalue weighted by atomic mass is 19.1. The number of para-hydroxylation sites is 1. The van der Waals surface area contributed by atoms with Crippen LogP contribution in [0.15, 0.2) is 36.7 Å². The molecule has 0 spiro atoms. The van der Waals surface area contributed by atoms with Gasteiger partial charge in [-0.15, -0.1) is 0 Å². The number of halogens is 1. The van der Waals surface area contributed by atoms with Gasteiger partial charge in [0.05, 0.1) is 19.5 Å². The number of hydrogen-bond donors (Lipinski definition) is 0. The van der Waals surface area contributed by atoms with E-state index in [1.807, 2.05) is 6.92 Å². The van der Waals surface area contributed by atoms with Crippen molar-refractivity contribution in [2.75, 3.05) is 7.11 Å². The summed E-state index contributed by atoms with van der Waals surface area (Å²) < 4.78 is 25.1. The largest absolute Gasteiger partial charge is 0.475 e. The van der Waals surface area contributed by atoms with Crippen LogP contribution >= 0.6 is 0 Å². The van der Waals surface area contributed by atoms with Crippen molar-refractivity contribution in [3.05, 3.63) is 42.5 Å². The average Bonchev–Trinajstić information content (AvgIpc) is 2.92. The van der Waals surface area contributed by atoms with Crippen molar-refractivity contribution in [3.8, 4) is 11.4 Å². The van der Waals surface area contributed by atoms with Crippen LogP contribution in [-0.2, 0) is 9.53 Å². The molecule has 0 aliphatic carbocycles. The van der Waals surface area contributed by atoms with E-state index < -0.39 is 12.1 Å². The second-order valence-electron chi connectivity index (χ2n) is 4.11.